The lowest BCUT2D eigenvalue weighted by Crippen LogP contribution is -2.27. The molecule has 112 valence electrons. The summed E-state index contributed by atoms with van der Waals surface area (Å²) in [6.07, 6.45) is 4.14. The van der Waals surface area contributed by atoms with Gasteiger partial charge >= 0.3 is 0 Å². The normalized spacial score (nSPS) is 18.1. The van der Waals surface area contributed by atoms with Crippen molar-refractivity contribution >= 4 is 0 Å². The number of H-pyrrole nitrogens is 1. The lowest BCUT2D eigenvalue weighted by Gasteiger charge is -2.22. The minimum absolute atomic E-state index is 0.644. The molecule has 1 aliphatic rings. The van der Waals surface area contributed by atoms with Crippen molar-refractivity contribution in [2.75, 3.05) is 20.2 Å². The van der Waals surface area contributed by atoms with Gasteiger partial charge in [-0.15, -0.1) is 0 Å². The van der Waals surface area contributed by atoms with Crippen molar-refractivity contribution in [1.82, 2.24) is 15.1 Å². The van der Waals surface area contributed by atoms with Crippen LogP contribution in [0.5, 0.6) is 5.75 Å². The first kappa shape index (κ1) is 14.1. The molecule has 0 bridgehead atoms. The summed E-state index contributed by atoms with van der Waals surface area (Å²) in [6, 6.07) is 8.42. The van der Waals surface area contributed by atoms with Crippen molar-refractivity contribution in [1.29, 1.82) is 0 Å². The van der Waals surface area contributed by atoms with Gasteiger partial charge in [-0.25, -0.2) is 0 Å². The van der Waals surface area contributed by atoms with Crippen molar-refractivity contribution in [3.8, 4) is 5.75 Å². The lowest BCUT2D eigenvalue weighted by atomic mass is 9.96. The van der Waals surface area contributed by atoms with Crippen LogP contribution in [-0.2, 0) is 13.0 Å². The van der Waals surface area contributed by atoms with Crippen molar-refractivity contribution < 1.29 is 4.74 Å². The Morgan fingerprint density at radius 2 is 2.24 bits per heavy atom. The Balaban J connectivity index is 1.61. The Labute approximate surface area is 126 Å². The number of hydrogen-bond acceptors (Lipinski definition) is 3. The molecule has 0 spiro atoms. The van der Waals surface area contributed by atoms with Gasteiger partial charge in [-0.1, -0.05) is 18.2 Å². The molecule has 0 fully saturated rings. The summed E-state index contributed by atoms with van der Waals surface area (Å²) in [5, 5.41) is 7.10. The molecule has 0 amide bonds. The minimum atomic E-state index is 0.644. The molecule has 3 rings (SSSR count). The number of fused-ring (bicyclic) bond motifs is 1. The molecule has 2 heterocycles. The molecule has 21 heavy (non-hydrogen) atoms. The van der Waals surface area contributed by atoms with Crippen LogP contribution in [0.4, 0.5) is 0 Å². The maximum Gasteiger partial charge on any atom is 0.122 e. The van der Waals surface area contributed by atoms with Crippen molar-refractivity contribution in [3.05, 3.63) is 47.3 Å². The second-order valence-corrected chi connectivity index (χ2v) is 6.03. The minimum Gasteiger partial charge on any atom is -0.493 e. The average molecular weight is 285 g/mol. The van der Waals surface area contributed by atoms with Crippen LogP contribution in [0, 0.1) is 12.8 Å². The number of hydrogen-bond donors (Lipinski definition) is 1. The topological polar surface area (TPSA) is 41.2 Å². The molecule has 1 aliphatic heterocycles. The van der Waals surface area contributed by atoms with Crippen LogP contribution in [0.2, 0.25) is 0 Å². The fraction of sp³-hybridized carbons (Fsp3) is 0.471. The number of aromatic nitrogens is 2. The van der Waals surface area contributed by atoms with Crippen LogP contribution in [-0.4, -0.2) is 35.3 Å². The maximum absolute atomic E-state index is 5.85. The standard InChI is InChI=1S/C17H23N3O/c1-13-16(10-18-19-13)12-20(2)11-14-7-8-21-17-6-4-3-5-15(17)9-14/h3-6,10,14H,7-9,11-12H2,1-2H3,(H,18,19)/t14-/m1/s1. The molecule has 4 nitrogen and oxygen atoms in total. The Morgan fingerprint density at radius 3 is 3.05 bits per heavy atom. The highest BCUT2D eigenvalue weighted by Crippen LogP contribution is 2.27. The number of benzene rings is 1. The van der Waals surface area contributed by atoms with E-state index in [1.165, 1.54) is 11.1 Å². The van der Waals surface area contributed by atoms with Gasteiger partial charge in [0.25, 0.3) is 0 Å². The first-order valence-corrected chi connectivity index (χ1v) is 7.60. The van der Waals surface area contributed by atoms with E-state index in [0.717, 1.165) is 44.0 Å². The van der Waals surface area contributed by atoms with Gasteiger partial charge < -0.3 is 9.64 Å². The molecule has 1 atom stereocenters. The number of rotatable bonds is 4. The molecular formula is C17H23N3O. The molecular weight excluding hydrogens is 262 g/mol. The van der Waals surface area contributed by atoms with Crippen LogP contribution < -0.4 is 4.74 Å². The molecule has 0 aliphatic carbocycles. The zero-order valence-corrected chi connectivity index (χ0v) is 12.8. The van der Waals surface area contributed by atoms with Crippen molar-refractivity contribution in [3.63, 3.8) is 0 Å². The molecule has 0 radical (unpaired) electrons. The van der Waals surface area contributed by atoms with E-state index < -0.39 is 0 Å². The quantitative estimate of drug-likeness (QED) is 0.939. The third-order valence-electron chi connectivity index (χ3n) is 4.21. The molecule has 4 heteroatoms. The number of nitrogens with one attached hydrogen (secondary N) is 1. The maximum atomic E-state index is 5.85. The predicted molar refractivity (Wildman–Crippen MR) is 83.4 cm³/mol. The Hall–Kier alpha value is -1.81. The van der Waals surface area contributed by atoms with Gasteiger partial charge in [-0.2, -0.15) is 5.10 Å². The third-order valence-corrected chi connectivity index (χ3v) is 4.21. The molecule has 1 aromatic heterocycles. The Bertz CT molecular complexity index is 593. The van der Waals surface area contributed by atoms with Gasteiger partial charge in [-0.3, -0.25) is 5.10 Å². The number of aromatic amines is 1. The van der Waals surface area contributed by atoms with Crippen LogP contribution in [0.3, 0.4) is 0 Å². The highest BCUT2D eigenvalue weighted by Gasteiger charge is 2.19. The van der Waals surface area contributed by atoms with Crippen LogP contribution in [0.15, 0.2) is 30.5 Å². The summed E-state index contributed by atoms with van der Waals surface area (Å²) in [7, 11) is 2.18. The van der Waals surface area contributed by atoms with Gasteiger partial charge in [0.1, 0.15) is 5.75 Å². The van der Waals surface area contributed by atoms with Crippen LogP contribution in [0.1, 0.15) is 23.2 Å². The second-order valence-electron chi connectivity index (χ2n) is 6.03. The van der Waals surface area contributed by atoms with E-state index in [4.69, 9.17) is 4.74 Å². The summed E-state index contributed by atoms with van der Waals surface area (Å²) in [6.45, 7) is 4.93. The van der Waals surface area contributed by atoms with E-state index in [1.54, 1.807) is 0 Å². The van der Waals surface area contributed by atoms with Crippen molar-refractivity contribution in [2.45, 2.75) is 26.3 Å². The predicted octanol–water partition coefficient (Wildman–Crippen LogP) is 2.79. The first-order valence-electron chi connectivity index (χ1n) is 7.60. The number of aryl methyl sites for hydroxylation is 1. The molecule has 1 aromatic carbocycles. The fourth-order valence-electron chi connectivity index (χ4n) is 3.05. The van der Waals surface area contributed by atoms with Gasteiger partial charge in [0.15, 0.2) is 0 Å². The van der Waals surface area contributed by atoms with E-state index >= 15 is 0 Å². The summed E-state index contributed by atoms with van der Waals surface area (Å²) < 4.78 is 5.85. The molecule has 1 N–H and O–H groups in total. The van der Waals surface area contributed by atoms with E-state index in [-0.39, 0.29) is 0 Å². The molecule has 2 aromatic rings. The van der Waals surface area contributed by atoms with E-state index in [0.29, 0.717) is 5.92 Å². The first-order chi connectivity index (χ1) is 10.2. The molecule has 0 saturated carbocycles. The Kier molecular flexibility index (Phi) is 4.25. The van der Waals surface area contributed by atoms with Gasteiger partial charge in [0.2, 0.25) is 0 Å². The smallest absolute Gasteiger partial charge is 0.122 e. The number of para-hydroxylation sites is 1. The third kappa shape index (κ3) is 3.45. The van der Waals surface area contributed by atoms with Crippen molar-refractivity contribution in [2.24, 2.45) is 5.92 Å². The highest BCUT2D eigenvalue weighted by atomic mass is 16.5. The molecule has 0 unspecified atom stereocenters. The van der Waals surface area contributed by atoms with Gasteiger partial charge in [0.05, 0.1) is 12.8 Å². The van der Waals surface area contributed by atoms with Gasteiger partial charge in [0, 0.05) is 24.3 Å². The average Bonchev–Trinajstić information content (AvgIpc) is 2.75. The Morgan fingerprint density at radius 1 is 1.38 bits per heavy atom. The monoisotopic (exact) mass is 285 g/mol. The lowest BCUT2D eigenvalue weighted by molar-refractivity contribution is 0.235. The molecule has 0 saturated heterocycles. The zero-order valence-electron chi connectivity index (χ0n) is 12.8. The number of nitrogens with zero attached hydrogens (tertiary/aromatic N) is 2. The van der Waals surface area contributed by atoms with Crippen LogP contribution >= 0.6 is 0 Å². The van der Waals surface area contributed by atoms with Crippen LogP contribution in [0.25, 0.3) is 0 Å². The zero-order chi connectivity index (χ0) is 14.7. The SMILES string of the molecule is Cc1[nH]ncc1CN(C)C[C@@H]1CCOc2ccccc2C1. The number of ether oxygens (including phenoxy) is 1. The summed E-state index contributed by atoms with van der Waals surface area (Å²) in [5.74, 6) is 1.71. The largest absolute Gasteiger partial charge is 0.493 e. The van der Waals surface area contributed by atoms with Gasteiger partial charge in [-0.05, 0) is 44.4 Å². The van der Waals surface area contributed by atoms with E-state index in [2.05, 4.69) is 47.3 Å². The summed E-state index contributed by atoms with van der Waals surface area (Å²) in [4.78, 5) is 2.39. The summed E-state index contributed by atoms with van der Waals surface area (Å²) in [5.41, 5.74) is 3.78. The highest BCUT2D eigenvalue weighted by molar-refractivity contribution is 5.34. The van der Waals surface area contributed by atoms with E-state index in [9.17, 15) is 0 Å². The fourth-order valence-corrected chi connectivity index (χ4v) is 3.05. The second kappa shape index (κ2) is 6.31. The summed E-state index contributed by atoms with van der Waals surface area (Å²) >= 11 is 0. The van der Waals surface area contributed by atoms with E-state index in [1.807, 2.05) is 12.3 Å².